The highest BCUT2D eigenvalue weighted by atomic mass is 16.4. The van der Waals surface area contributed by atoms with Crippen molar-refractivity contribution in [3.05, 3.63) is 28.6 Å². The monoisotopic (exact) mass is 244 g/mol. The van der Waals surface area contributed by atoms with Crippen LogP contribution in [-0.4, -0.2) is 15.5 Å². The van der Waals surface area contributed by atoms with Crippen LogP contribution in [0.15, 0.2) is 16.8 Å². The molecule has 0 bridgehead atoms. The lowest BCUT2D eigenvalue weighted by molar-refractivity contribution is 0.319. The summed E-state index contributed by atoms with van der Waals surface area (Å²) < 4.78 is 1.84. The summed E-state index contributed by atoms with van der Waals surface area (Å²) in [6, 6.07) is 3.95. The summed E-state index contributed by atoms with van der Waals surface area (Å²) >= 11 is 0. The maximum atomic E-state index is 9.08. The van der Waals surface area contributed by atoms with E-state index in [-0.39, 0.29) is 11.3 Å². The van der Waals surface area contributed by atoms with Crippen LogP contribution in [0.4, 0.5) is 0 Å². The first-order valence-electron chi connectivity index (χ1n) is 6.06. The number of nitrogens with two attached hydrogens (primary N) is 1. The van der Waals surface area contributed by atoms with Crippen LogP contribution in [0.1, 0.15) is 37.2 Å². The molecule has 2 heterocycles. The second-order valence-electron chi connectivity index (χ2n) is 4.26. The Kier molecular flexibility index (Phi) is 3.11. The molecule has 1 aromatic heterocycles. The Morgan fingerprint density at radius 2 is 2.22 bits per heavy atom. The maximum Gasteiger partial charge on any atom is 0.148 e. The highest BCUT2D eigenvalue weighted by Gasteiger charge is 2.30. The molecule has 0 fully saturated rings. The molecule has 0 radical (unpaired) electrons. The van der Waals surface area contributed by atoms with Gasteiger partial charge in [0.25, 0.3) is 0 Å². The molecule has 0 unspecified atom stereocenters. The van der Waals surface area contributed by atoms with Crippen LogP contribution in [-0.2, 0) is 12.8 Å². The number of nitriles is 1. The number of hydrogen-bond acceptors (Lipinski definition) is 4. The number of aromatic nitrogens is 1. The molecule has 0 aliphatic carbocycles. The normalized spacial score (nSPS) is 16.2. The molecule has 2 rings (SSSR count). The molecule has 0 amide bonds. The fourth-order valence-electron chi connectivity index (χ4n) is 2.44. The third-order valence-electron chi connectivity index (χ3n) is 3.25. The summed E-state index contributed by atoms with van der Waals surface area (Å²) in [6.07, 6.45) is 2.78. The molecule has 94 valence electrons. The van der Waals surface area contributed by atoms with Crippen molar-refractivity contribution in [1.82, 2.24) is 4.57 Å². The van der Waals surface area contributed by atoms with E-state index in [2.05, 4.69) is 19.0 Å². The van der Waals surface area contributed by atoms with E-state index in [4.69, 9.17) is 16.2 Å². The summed E-state index contributed by atoms with van der Waals surface area (Å²) in [5.74, 6) is 0.364. The van der Waals surface area contributed by atoms with Gasteiger partial charge >= 0.3 is 0 Å². The fourth-order valence-corrected chi connectivity index (χ4v) is 2.44. The number of aryl methyl sites for hydroxylation is 1. The molecule has 5 nitrogen and oxygen atoms in total. The number of fused-ring (bicyclic) bond motifs is 1. The van der Waals surface area contributed by atoms with Crippen LogP contribution in [0.3, 0.4) is 0 Å². The largest absolute Gasteiger partial charge is 0.410 e. The number of oxime groups is 1. The van der Waals surface area contributed by atoms with Gasteiger partial charge in [-0.25, -0.2) is 0 Å². The van der Waals surface area contributed by atoms with Gasteiger partial charge in [0.15, 0.2) is 0 Å². The quantitative estimate of drug-likeness (QED) is 0.628. The summed E-state index contributed by atoms with van der Waals surface area (Å²) in [5, 5.41) is 21.4. The zero-order valence-electron chi connectivity index (χ0n) is 10.6. The first kappa shape index (κ1) is 12.2. The Hall–Kier alpha value is -2.22. The predicted molar refractivity (Wildman–Crippen MR) is 69.1 cm³/mol. The maximum absolute atomic E-state index is 9.08. The van der Waals surface area contributed by atoms with E-state index in [1.807, 2.05) is 16.7 Å². The van der Waals surface area contributed by atoms with Gasteiger partial charge in [0.2, 0.25) is 0 Å². The minimum atomic E-state index is 0.243. The standard InChI is InChI=1S/C13H16N4O/c1-3-5-10-8(4-2)6-11-12(16-18)9(7-14)13(15)17(10)11/h6,18H,3-5,15H2,1-2H3/b16-12-. The first-order valence-corrected chi connectivity index (χ1v) is 6.06. The third kappa shape index (κ3) is 1.50. The van der Waals surface area contributed by atoms with Crippen molar-refractivity contribution in [2.24, 2.45) is 10.9 Å². The smallest absolute Gasteiger partial charge is 0.148 e. The van der Waals surface area contributed by atoms with E-state index < -0.39 is 0 Å². The number of rotatable bonds is 3. The highest BCUT2D eigenvalue weighted by Crippen LogP contribution is 2.30. The van der Waals surface area contributed by atoms with Crippen molar-refractivity contribution in [3.8, 4) is 6.07 Å². The molecular formula is C13H16N4O. The van der Waals surface area contributed by atoms with Crippen molar-refractivity contribution in [2.75, 3.05) is 0 Å². The summed E-state index contributed by atoms with van der Waals surface area (Å²) in [4.78, 5) is 0. The molecular weight excluding hydrogens is 228 g/mol. The van der Waals surface area contributed by atoms with Crippen molar-refractivity contribution < 1.29 is 5.21 Å². The Bertz CT molecular complexity index is 587. The fraction of sp³-hybridized carbons (Fsp3) is 0.385. The topological polar surface area (TPSA) is 87.3 Å². The highest BCUT2D eigenvalue weighted by molar-refractivity contribution is 6.20. The Labute approximate surface area is 106 Å². The van der Waals surface area contributed by atoms with Crippen LogP contribution in [0.2, 0.25) is 0 Å². The van der Waals surface area contributed by atoms with Crippen molar-refractivity contribution in [2.45, 2.75) is 33.1 Å². The average molecular weight is 244 g/mol. The van der Waals surface area contributed by atoms with Crippen molar-refractivity contribution >= 4 is 11.5 Å². The van der Waals surface area contributed by atoms with E-state index in [0.717, 1.165) is 25.0 Å². The molecule has 18 heavy (non-hydrogen) atoms. The molecule has 0 saturated carbocycles. The van der Waals surface area contributed by atoms with Crippen LogP contribution in [0.5, 0.6) is 0 Å². The summed E-state index contributed by atoms with van der Waals surface area (Å²) in [5.41, 5.74) is 9.52. The molecule has 1 aromatic rings. The second-order valence-corrected chi connectivity index (χ2v) is 4.26. The van der Waals surface area contributed by atoms with Crippen LogP contribution >= 0.6 is 0 Å². The van der Waals surface area contributed by atoms with E-state index >= 15 is 0 Å². The van der Waals surface area contributed by atoms with E-state index in [1.54, 1.807) is 0 Å². The van der Waals surface area contributed by atoms with Gasteiger partial charge in [0.05, 0.1) is 5.69 Å². The molecule has 0 saturated heterocycles. The van der Waals surface area contributed by atoms with Gasteiger partial charge in [-0.15, -0.1) is 0 Å². The van der Waals surface area contributed by atoms with Gasteiger partial charge in [-0.3, -0.25) is 4.57 Å². The molecule has 0 aromatic carbocycles. The van der Waals surface area contributed by atoms with E-state index in [1.165, 1.54) is 5.56 Å². The number of hydrogen-bond donors (Lipinski definition) is 2. The van der Waals surface area contributed by atoms with Gasteiger partial charge < -0.3 is 10.9 Å². The van der Waals surface area contributed by atoms with E-state index in [9.17, 15) is 0 Å². The lowest BCUT2D eigenvalue weighted by Crippen LogP contribution is -2.09. The lowest BCUT2D eigenvalue weighted by Gasteiger charge is -2.08. The van der Waals surface area contributed by atoms with Crippen molar-refractivity contribution in [1.29, 1.82) is 5.26 Å². The summed E-state index contributed by atoms with van der Waals surface area (Å²) in [6.45, 7) is 4.17. The average Bonchev–Trinajstić information content (AvgIpc) is 2.85. The predicted octanol–water partition coefficient (Wildman–Crippen LogP) is 1.85. The molecule has 3 N–H and O–H groups in total. The van der Waals surface area contributed by atoms with Crippen LogP contribution in [0, 0.1) is 11.3 Å². The number of nitrogens with zero attached hydrogens (tertiary/aromatic N) is 3. The molecule has 0 atom stereocenters. The van der Waals surface area contributed by atoms with Crippen LogP contribution < -0.4 is 5.73 Å². The minimum absolute atomic E-state index is 0.243. The molecule has 1 aliphatic rings. The van der Waals surface area contributed by atoms with Crippen LogP contribution in [0.25, 0.3) is 5.82 Å². The minimum Gasteiger partial charge on any atom is -0.410 e. The second kappa shape index (κ2) is 4.57. The zero-order chi connectivity index (χ0) is 13.3. The Morgan fingerprint density at radius 1 is 1.50 bits per heavy atom. The lowest BCUT2D eigenvalue weighted by atomic mass is 10.1. The van der Waals surface area contributed by atoms with E-state index in [0.29, 0.717) is 11.5 Å². The summed E-state index contributed by atoms with van der Waals surface area (Å²) in [7, 11) is 0. The first-order chi connectivity index (χ1) is 8.69. The number of allylic oxidation sites excluding steroid dienone is 1. The molecule has 0 spiro atoms. The van der Waals surface area contributed by atoms with Crippen molar-refractivity contribution in [3.63, 3.8) is 0 Å². The Morgan fingerprint density at radius 3 is 2.72 bits per heavy atom. The van der Waals surface area contributed by atoms with Gasteiger partial charge in [-0.05, 0) is 24.5 Å². The van der Waals surface area contributed by atoms with Gasteiger partial charge in [0, 0.05) is 5.69 Å². The SMILES string of the molecule is CCCc1c(CC)cc2n1C(N)=C(C#N)/C2=N/O. The third-order valence-corrected chi connectivity index (χ3v) is 3.25. The molecule has 1 aliphatic heterocycles. The van der Waals surface area contributed by atoms with Gasteiger partial charge in [-0.2, -0.15) is 5.26 Å². The van der Waals surface area contributed by atoms with Gasteiger partial charge in [0.1, 0.15) is 23.2 Å². The van der Waals surface area contributed by atoms with Gasteiger partial charge in [-0.1, -0.05) is 25.4 Å². The Balaban J connectivity index is 2.71. The zero-order valence-corrected chi connectivity index (χ0v) is 10.6. The molecule has 5 heteroatoms.